The summed E-state index contributed by atoms with van der Waals surface area (Å²) < 4.78 is 21.8. The third-order valence-electron chi connectivity index (χ3n) is 3.67. The maximum Gasteiger partial charge on any atom is 0.176 e. The molecule has 8 heteroatoms. The van der Waals surface area contributed by atoms with Crippen molar-refractivity contribution >= 4 is 44.8 Å². The monoisotopic (exact) mass is 448 g/mol. The van der Waals surface area contributed by atoms with Crippen LogP contribution in [0.25, 0.3) is 0 Å². The van der Waals surface area contributed by atoms with Gasteiger partial charge in [-0.05, 0) is 53.3 Å². The Hall–Kier alpha value is -2.45. The van der Waals surface area contributed by atoms with E-state index in [0.29, 0.717) is 35.4 Å². The smallest absolute Gasteiger partial charge is 0.176 e. The van der Waals surface area contributed by atoms with Crippen LogP contribution < -0.4 is 15.4 Å². The lowest BCUT2D eigenvalue weighted by Crippen LogP contribution is -2.20. The van der Waals surface area contributed by atoms with Gasteiger partial charge in [0.15, 0.2) is 10.9 Å². The molecule has 0 spiro atoms. The van der Waals surface area contributed by atoms with Crippen LogP contribution in [0.15, 0.2) is 59.2 Å². The maximum atomic E-state index is 13.8. The highest BCUT2D eigenvalue weighted by Crippen LogP contribution is 2.25. The first-order chi connectivity index (χ1) is 13.1. The summed E-state index contributed by atoms with van der Waals surface area (Å²) in [7, 11) is 0. The molecule has 0 atom stereocenters. The molecule has 1 aromatic heterocycles. The summed E-state index contributed by atoms with van der Waals surface area (Å²) in [4.78, 5) is 0. The fourth-order valence-corrected chi connectivity index (χ4v) is 3.10. The average molecular weight is 449 g/mol. The summed E-state index contributed by atoms with van der Waals surface area (Å²) in [5.41, 5.74) is 1.32. The molecule has 5 nitrogen and oxygen atoms in total. The average Bonchev–Trinajstić information content (AvgIpc) is 2.98. The van der Waals surface area contributed by atoms with Gasteiger partial charge in [0.05, 0.1) is 23.3 Å². The zero-order valence-electron chi connectivity index (χ0n) is 14.6. The Bertz CT molecular complexity index is 947. The second-order valence-electron chi connectivity index (χ2n) is 5.62. The minimum Gasteiger partial charge on any atom is -0.492 e. The molecule has 3 aromatic rings. The number of nitrogens with one attached hydrogen (secondary N) is 2. The molecule has 140 valence electrons. The van der Waals surface area contributed by atoms with Gasteiger partial charge in [-0.15, -0.1) is 0 Å². The van der Waals surface area contributed by atoms with Gasteiger partial charge in [-0.2, -0.15) is 5.10 Å². The van der Waals surface area contributed by atoms with E-state index in [1.54, 1.807) is 29.1 Å². The molecular weight excluding hydrogens is 431 g/mol. The van der Waals surface area contributed by atoms with Crippen molar-refractivity contribution in [2.24, 2.45) is 0 Å². The number of ether oxygens (including phenoxy) is 1. The van der Waals surface area contributed by atoms with E-state index in [1.165, 1.54) is 6.07 Å². The number of aromatic nitrogens is 2. The highest BCUT2D eigenvalue weighted by atomic mass is 79.9. The Morgan fingerprint density at radius 1 is 1.19 bits per heavy atom. The fourth-order valence-electron chi connectivity index (χ4n) is 2.48. The van der Waals surface area contributed by atoms with Crippen LogP contribution in [0.3, 0.4) is 0 Å². The first kappa shape index (κ1) is 19.3. The normalized spacial score (nSPS) is 10.5. The minimum absolute atomic E-state index is 0.261. The van der Waals surface area contributed by atoms with Crippen LogP contribution in [-0.2, 0) is 6.54 Å². The van der Waals surface area contributed by atoms with E-state index in [2.05, 4.69) is 31.7 Å². The van der Waals surface area contributed by atoms with Crippen LogP contribution in [0.5, 0.6) is 5.75 Å². The molecule has 0 unspecified atom stereocenters. The molecule has 0 fully saturated rings. The lowest BCUT2D eigenvalue weighted by Gasteiger charge is -2.13. The maximum absolute atomic E-state index is 13.8. The van der Waals surface area contributed by atoms with Crippen LogP contribution >= 0.6 is 28.1 Å². The van der Waals surface area contributed by atoms with Crippen molar-refractivity contribution in [3.05, 3.63) is 70.6 Å². The van der Waals surface area contributed by atoms with Crippen molar-refractivity contribution in [1.82, 2.24) is 9.78 Å². The molecule has 27 heavy (non-hydrogen) atoms. The van der Waals surface area contributed by atoms with Crippen LogP contribution in [0.4, 0.5) is 15.9 Å². The van der Waals surface area contributed by atoms with E-state index in [4.69, 9.17) is 17.0 Å². The summed E-state index contributed by atoms with van der Waals surface area (Å²) in [5.74, 6) is 0.995. The molecule has 2 aromatic carbocycles. The van der Waals surface area contributed by atoms with Gasteiger partial charge in [0.25, 0.3) is 0 Å². The van der Waals surface area contributed by atoms with E-state index in [0.717, 1.165) is 10.2 Å². The van der Waals surface area contributed by atoms with Gasteiger partial charge >= 0.3 is 0 Å². The van der Waals surface area contributed by atoms with Gasteiger partial charge in [0, 0.05) is 11.8 Å². The summed E-state index contributed by atoms with van der Waals surface area (Å²) in [6, 6.07) is 14.2. The summed E-state index contributed by atoms with van der Waals surface area (Å²) >= 11 is 8.82. The Balaban J connectivity index is 1.68. The van der Waals surface area contributed by atoms with Crippen molar-refractivity contribution in [2.45, 2.75) is 13.5 Å². The number of nitrogens with zero attached hydrogens (tertiary/aromatic N) is 2. The van der Waals surface area contributed by atoms with E-state index >= 15 is 0 Å². The predicted molar refractivity (Wildman–Crippen MR) is 113 cm³/mol. The predicted octanol–water partition coefficient (Wildman–Crippen LogP) is 5.04. The van der Waals surface area contributed by atoms with Crippen molar-refractivity contribution in [3.63, 3.8) is 0 Å². The van der Waals surface area contributed by atoms with Crippen LogP contribution in [0.2, 0.25) is 0 Å². The summed E-state index contributed by atoms with van der Waals surface area (Å²) in [6.07, 6.45) is 1.77. The van der Waals surface area contributed by atoms with Crippen LogP contribution in [0.1, 0.15) is 12.5 Å². The Kier molecular flexibility index (Phi) is 6.41. The van der Waals surface area contributed by atoms with E-state index in [-0.39, 0.29) is 5.82 Å². The van der Waals surface area contributed by atoms with Crippen molar-refractivity contribution in [3.8, 4) is 5.75 Å². The molecule has 0 aliphatic rings. The molecule has 3 rings (SSSR count). The fraction of sp³-hybridized carbons (Fsp3) is 0.158. The number of halogens is 2. The number of rotatable bonds is 6. The Labute approximate surface area is 170 Å². The molecule has 0 bridgehead atoms. The number of hydrogen-bond acceptors (Lipinski definition) is 3. The Morgan fingerprint density at radius 3 is 2.70 bits per heavy atom. The zero-order valence-corrected chi connectivity index (χ0v) is 17.0. The van der Waals surface area contributed by atoms with Crippen molar-refractivity contribution in [1.29, 1.82) is 0 Å². The summed E-state index contributed by atoms with van der Waals surface area (Å²) in [5, 5.41) is 10.9. The molecule has 0 radical (unpaired) electrons. The molecule has 2 N–H and O–H groups in total. The molecule has 0 saturated carbocycles. The lowest BCUT2D eigenvalue weighted by molar-refractivity contribution is 0.342. The van der Waals surface area contributed by atoms with Gasteiger partial charge in [-0.1, -0.05) is 30.3 Å². The first-order valence-electron chi connectivity index (χ1n) is 8.33. The third kappa shape index (κ3) is 5.05. The number of thiocarbonyl (C=S) groups is 1. The Morgan fingerprint density at radius 2 is 1.93 bits per heavy atom. The molecule has 0 aliphatic carbocycles. The molecule has 1 heterocycles. The second kappa shape index (κ2) is 8.96. The van der Waals surface area contributed by atoms with Gasteiger partial charge in [-0.25, -0.2) is 4.39 Å². The van der Waals surface area contributed by atoms with E-state index in [1.807, 2.05) is 31.2 Å². The topological polar surface area (TPSA) is 51.1 Å². The first-order valence-corrected chi connectivity index (χ1v) is 9.53. The van der Waals surface area contributed by atoms with Crippen LogP contribution in [0, 0.1) is 5.82 Å². The second-order valence-corrected chi connectivity index (χ2v) is 6.89. The van der Waals surface area contributed by atoms with Gasteiger partial charge in [0.2, 0.25) is 0 Å². The number of hydrogen-bond donors (Lipinski definition) is 2. The SMILES string of the molecule is CCOc1ccccc1NC(=S)Nc1nn(Cc2ccccc2F)cc1Br. The van der Waals surface area contributed by atoms with Crippen LogP contribution in [-0.4, -0.2) is 21.5 Å². The molecule has 0 saturated heterocycles. The van der Waals surface area contributed by atoms with Crippen molar-refractivity contribution in [2.75, 3.05) is 17.2 Å². The minimum atomic E-state index is -0.261. The number of para-hydroxylation sites is 2. The highest BCUT2D eigenvalue weighted by molar-refractivity contribution is 9.10. The summed E-state index contributed by atoms with van der Waals surface area (Å²) in [6.45, 7) is 2.80. The van der Waals surface area contributed by atoms with Gasteiger partial charge in [-0.3, -0.25) is 4.68 Å². The standard InChI is InChI=1S/C19H18BrFN4OS/c1-2-26-17-10-6-5-9-16(17)22-19(27)23-18-14(20)12-25(24-18)11-13-7-3-4-8-15(13)21/h3-10,12H,2,11H2,1H3,(H2,22,23,24,27). The highest BCUT2D eigenvalue weighted by Gasteiger charge is 2.11. The number of benzene rings is 2. The molecule has 0 amide bonds. The van der Waals surface area contributed by atoms with Gasteiger partial charge < -0.3 is 15.4 Å². The largest absolute Gasteiger partial charge is 0.492 e. The third-order valence-corrected chi connectivity index (χ3v) is 4.46. The van der Waals surface area contributed by atoms with Crippen molar-refractivity contribution < 1.29 is 9.13 Å². The molecule has 0 aliphatic heterocycles. The molecular formula is C19H18BrFN4OS. The number of anilines is 2. The lowest BCUT2D eigenvalue weighted by atomic mass is 10.2. The van der Waals surface area contributed by atoms with Gasteiger partial charge in [0.1, 0.15) is 11.6 Å². The zero-order chi connectivity index (χ0) is 19.2. The van der Waals surface area contributed by atoms with E-state index < -0.39 is 0 Å². The quantitative estimate of drug-likeness (QED) is 0.517. The van der Waals surface area contributed by atoms with E-state index in [9.17, 15) is 4.39 Å².